The van der Waals surface area contributed by atoms with Gasteiger partial charge in [0.2, 0.25) is 0 Å². The molecule has 0 radical (unpaired) electrons. The molecular formula is C25H20F2N4O4S. The van der Waals surface area contributed by atoms with Crippen LogP contribution in [-0.2, 0) is 0 Å². The minimum absolute atomic E-state index is 0.0412. The van der Waals surface area contributed by atoms with Crippen LogP contribution in [0.3, 0.4) is 0 Å². The van der Waals surface area contributed by atoms with E-state index >= 15 is 0 Å². The highest BCUT2D eigenvalue weighted by atomic mass is 32.1. The molecule has 0 spiro atoms. The molecule has 1 unspecified atom stereocenters. The third-order valence-corrected chi connectivity index (χ3v) is 7.14. The summed E-state index contributed by atoms with van der Waals surface area (Å²) in [4.78, 5) is 39.3. The Balaban J connectivity index is 1.61. The molecule has 1 saturated heterocycles. The number of nitrogens with one attached hydrogen (secondary N) is 2. The molecular weight excluding hydrogens is 490 g/mol. The van der Waals surface area contributed by atoms with E-state index in [1.807, 2.05) is 6.07 Å². The second-order valence-electron chi connectivity index (χ2n) is 8.30. The molecule has 1 fully saturated rings. The SMILES string of the molecule is O=C(NC1CCN(C(=O)O)C1)c1sc2c(ccc(=O)n2-c2ccccc2)c1Nc1ccc(F)cc1F. The molecule has 2 aromatic carbocycles. The van der Waals surface area contributed by atoms with E-state index in [4.69, 9.17) is 0 Å². The number of carbonyl (C=O) groups is 2. The summed E-state index contributed by atoms with van der Waals surface area (Å²) >= 11 is 1.05. The van der Waals surface area contributed by atoms with Crippen LogP contribution in [-0.4, -0.2) is 45.7 Å². The molecule has 2 amide bonds. The minimum atomic E-state index is -1.06. The number of benzene rings is 2. The lowest BCUT2D eigenvalue weighted by Crippen LogP contribution is -2.38. The molecule has 1 atom stereocenters. The molecule has 11 heteroatoms. The van der Waals surface area contributed by atoms with Crippen LogP contribution in [0.4, 0.5) is 25.0 Å². The van der Waals surface area contributed by atoms with Gasteiger partial charge in [-0.05, 0) is 36.8 Å². The van der Waals surface area contributed by atoms with E-state index in [0.717, 1.165) is 23.5 Å². The molecule has 36 heavy (non-hydrogen) atoms. The summed E-state index contributed by atoms with van der Waals surface area (Å²) in [6.45, 7) is 0.447. The number of hydrogen-bond acceptors (Lipinski definition) is 5. The molecule has 184 valence electrons. The Hall–Kier alpha value is -4.25. The molecule has 0 saturated carbocycles. The molecule has 8 nitrogen and oxygen atoms in total. The van der Waals surface area contributed by atoms with Gasteiger partial charge in [0.25, 0.3) is 11.5 Å². The van der Waals surface area contributed by atoms with Crippen molar-refractivity contribution >= 4 is 44.9 Å². The van der Waals surface area contributed by atoms with E-state index in [0.29, 0.717) is 28.9 Å². The first-order valence-corrected chi connectivity index (χ1v) is 11.9. The summed E-state index contributed by atoms with van der Waals surface area (Å²) in [5, 5.41) is 15.5. The fourth-order valence-corrected chi connectivity index (χ4v) is 5.39. The largest absolute Gasteiger partial charge is 0.465 e. The zero-order valence-electron chi connectivity index (χ0n) is 18.7. The smallest absolute Gasteiger partial charge is 0.407 e. The number of carboxylic acid groups (broad SMARTS) is 1. The number of carbonyl (C=O) groups excluding carboxylic acids is 1. The van der Waals surface area contributed by atoms with E-state index in [-0.39, 0.29) is 28.4 Å². The van der Waals surface area contributed by atoms with Gasteiger partial charge in [-0.3, -0.25) is 14.2 Å². The number of amides is 2. The topological polar surface area (TPSA) is 104 Å². The van der Waals surface area contributed by atoms with Crippen LogP contribution in [0.25, 0.3) is 15.9 Å². The number of nitrogens with zero attached hydrogens (tertiary/aromatic N) is 2. The molecule has 5 rings (SSSR count). The van der Waals surface area contributed by atoms with Crippen LogP contribution in [0, 0.1) is 11.6 Å². The maximum Gasteiger partial charge on any atom is 0.407 e. The zero-order valence-corrected chi connectivity index (χ0v) is 19.5. The maximum absolute atomic E-state index is 14.5. The van der Waals surface area contributed by atoms with Crippen LogP contribution in [0.5, 0.6) is 0 Å². The first-order valence-electron chi connectivity index (χ1n) is 11.1. The monoisotopic (exact) mass is 510 g/mol. The summed E-state index contributed by atoms with van der Waals surface area (Å²) in [6, 6.07) is 14.5. The third-order valence-electron chi connectivity index (χ3n) is 5.95. The quantitative estimate of drug-likeness (QED) is 0.365. The predicted molar refractivity (Wildman–Crippen MR) is 133 cm³/mol. The van der Waals surface area contributed by atoms with Gasteiger partial charge >= 0.3 is 6.09 Å². The number of anilines is 2. The lowest BCUT2D eigenvalue weighted by Gasteiger charge is -2.14. The van der Waals surface area contributed by atoms with E-state index in [9.17, 15) is 28.3 Å². The van der Waals surface area contributed by atoms with Gasteiger partial charge in [0, 0.05) is 36.7 Å². The molecule has 4 aromatic rings. The number of para-hydroxylation sites is 1. The van der Waals surface area contributed by atoms with E-state index in [1.165, 1.54) is 21.6 Å². The van der Waals surface area contributed by atoms with Gasteiger partial charge in [0.15, 0.2) is 0 Å². The Morgan fingerprint density at radius 1 is 1.06 bits per heavy atom. The van der Waals surface area contributed by atoms with Gasteiger partial charge in [0.05, 0.1) is 17.1 Å². The number of likely N-dealkylation sites (tertiary alicyclic amines) is 1. The highest BCUT2D eigenvalue weighted by Crippen LogP contribution is 2.38. The number of rotatable bonds is 5. The first kappa shape index (κ1) is 23.5. The second-order valence-corrected chi connectivity index (χ2v) is 9.30. The van der Waals surface area contributed by atoms with Crippen molar-refractivity contribution in [1.82, 2.24) is 14.8 Å². The third kappa shape index (κ3) is 4.40. The molecule has 0 bridgehead atoms. The number of halogens is 2. The van der Waals surface area contributed by atoms with Gasteiger partial charge in [-0.15, -0.1) is 11.3 Å². The van der Waals surface area contributed by atoms with E-state index in [2.05, 4.69) is 10.6 Å². The Kier molecular flexibility index (Phi) is 6.15. The number of aromatic nitrogens is 1. The van der Waals surface area contributed by atoms with Gasteiger partial charge in [-0.25, -0.2) is 13.6 Å². The number of pyridine rings is 1. The van der Waals surface area contributed by atoms with Crippen molar-refractivity contribution in [3.05, 3.63) is 87.5 Å². The van der Waals surface area contributed by atoms with Crippen molar-refractivity contribution in [2.24, 2.45) is 0 Å². The van der Waals surface area contributed by atoms with Crippen LogP contribution < -0.4 is 16.2 Å². The standard InChI is InChI=1S/C25H20F2N4O4S/c26-14-6-8-19(18(27)12-14)29-21-17-7-9-20(32)31(16-4-2-1-3-5-16)24(17)36-22(21)23(33)28-15-10-11-30(13-15)25(34)35/h1-9,12,15,29H,10-11,13H2,(H,28,33)(H,34,35). The van der Waals surface area contributed by atoms with Crippen LogP contribution in [0.2, 0.25) is 0 Å². The zero-order chi connectivity index (χ0) is 25.4. The average molecular weight is 511 g/mol. The Labute approximate surface area is 207 Å². The van der Waals surface area contributed by atoms with E-state index in [1.54, 1.807) is 30.3 Å². The van der Waals surface area contributed by atoms with E-state index < -0.39 is 29.7 Å². The summed E-state index contributed by atoms with van der Waals surface area (Å²) < 4.78 is 29.5. The summed E-state index contributed by atoms with van der Waals surface area (Å²) in [7, 11) is 0. The van der Waals surface area contributed by atoms with Gasteiger partial charge < -0.3 is 20.6 Å². The van der Waals surface area contributed by atoms with Crippen LogP contribution in [0.15, 0.2) is 65.5 Å². The molecule has 1 aliphatic rings. The van der Waals surface area contributed by atoms with Crippen LogP contribution in [0.1, 0.15) is 16.1 Å². The fourth-order valence-electron chi connectivity index (χ4n) is 4.22. The maximum atomic E-state index is 14.5. The first-order chi connectivity index (χ1) is 17.3. The second kappa shape index (κ2) is 9.42. The summed E-state index contributed by atoms with van der Waals surface area (Å²) in [6.07, 6.45) is -0.609. The number of hydrogen-bond donors (Lipinski definition) is 3. The van der Waals surface area contributed by atoms with Gasteiger partial charge in [-0.2, -0.15) is 0 Å². The summed E-state index contributed by atoms with van der Waals surface area (Å²) in [5.74, 6) is -2.08. The van der Waals surface area contributed by atoms with Crippen LogP contribution >= 0.6 is 11.3 Å². The predicted octanol–water partition coefficient (Wildman–Crippen LogP) is 4.56. The number of fused-ring (bicyclic) bond motifs is 1. The minimum Gasteiger partial charge on any atom is -0.465 e. The molecule has 2 aromatic heterocycles. The average Bonchev–Trinajstić information content (AvgIpc) is 3.46. The van der Waals surface area contributed by atoms with Crippen molar-refractivity contribution in [3.63, 3.8) is 0 Å². The Morgan fingerprint density at radius 2 is 1.83 bits per heavy atom. The lowest BCUT2D eigenvalue weighted by atomic mass is 10.2. The summed E-state index contributed by atoms with van der Waals surface area (Å²) in [5.41, 5.74) is 0.499. The highest BCUT2D eigenvalue weighted by Gasteiger charge is 2.29. The van der Waals surface area contributed by atoms with Crippen molar-refractivity contribution in [1.29, 1.82) is 0 Å². The molecule has 3 heterocycles. The normalized spacial score (nSPS) is 15.3. The molecule has 0 aliphatic carbocycles. The number of thiophene rings is 1. The van der Waals surface area contributed by atoms with Crippen molar-refractivity contribution in [3.8, 4) is 5.69 Å². The van der Waals surface area contributed by atoms with Crippen molar-refractivity contribution < 1.29 is 23.5 Å². The molecule has 3 N–H and O–H groups in total. The Morgan fingerprint density at radius 3 is 2.53 bits per heavy atom. The fraction of sp³-hybridized carbons (Fsp3) is 0.160. The molecule has 1 aliphatic heterocycles. The van der Waals surface area contributed by atoms with Gasteiger partial charge in [0.1, 0.15) is 21.3 Å². The Bertz CT molecular complexity index is 1540. The van der Waals surface area contributed by atoms with Crippen molar-refractivity contribution in [2.45, 2.75) is 12.5 Å². The van der Waals surface area contributed by atoms with Crippen molar-refractivity contribution in [2.75, 3.05) is 18.4 Å². The van der Waals surface area contributed by atoms with Gasteiger partial charge in [-0.1, -0.05) is 18.2 Å². The highest BCUT2D eigenvalue weighted by molar-refractivity contribution is 7.21. The lowest BCUT2D eigenvalue weighted by molar-refractivity contribution is 0.0940.